The van der Waals surface area contributed by atoms with Crippen LogP contribution in [0.5, 0.6) is 0 Å². The van der Waals surface area contributed by atoms with Crippen molar-refractivity contribution in [2.24, 2.45) is 5.73 Å². The molecule has 0 saturated heterocycles. The zero-order valence-electron chi connectivity index (χ0n) is 15.5. The average molecular weight is 418 g/mol. The minimum absolute atomic E-state index is 0. The van der Waals surface area contributed by atoms with E-state index in [1.165, 1.54) is 5.56 Å². The van der Waals surface area contributed by atoms with Crippen LogP contribution in [0.25, 0.3) is 6.08 Å². The van der Waals surface area contributed by atoms with Crippen LogP contribution >= 0.6 is 24.8 Å². The van der Waals surface area contributed by atoms with Gasteiger partial charge in [0, 0.05) is 24.7 Å². The third-order valence-corrected chi connectivity index (χ3v) is 4.27. The highest BCUT2D eigenvalue weighted by atomic mass is 35.5. The molecule has 0 radical (unpaired) electrons. The number of halogens is 2. The van der Waals surface area contributed by atoms with Crippen LogP contribution in [0.1, 0.15) is 22.4 Å². The van der Waals surface area contributed by atoms with E-state index in [9.17, 15) is 4.79 Å². The fraction of sp³-hybridized carbons (Fsp3) is 0.182. The average Bonchev–Trinajstić information content (AvgIpc) is 3.17. The Morgan fingerprint density at radius 1 is 1.04 bits per heavy atom. The number of rotatable bonds is 8. The number of imidazole rings is 1. The van der Waals surface area contributed by atoms with E-state index in [2.05, 4.69) is 34.3 Å². The first-order valence-corrected chi connectivity index (χ1v) is 8.75. The van der Waals surface area contributed by atoms with E-state index in [0.717, 1.165) is 23.2 Å². The highest BCUT2D eigenvalue weighted by Crippen LogP contribution is 2.10. The number of nitrogens with one attached hydrogen (secondary N) is 1. The summed E-state index contributed by atoms with van der Waals surface area (Å²) in [6.45, 7) is 0. The molecule has 0 saturated carbocycles. The number of hydrogen-bond donors (Lipinski definition) is 2. The summed E-state index contributed by atoms with van der Waals surface area (Å²) in [4.78, 5) is 19.2. The quantitative estimate of drug-likeness (QED) is 0.576. The maximum Gasteiger partial charge on any atom is 0.154 e. The zero-order valence-corrected chi connectivity index (χ0v) is 17.1. The lowest BCUT2D eigenvalue weighted by atomic mass is 10.00. The molecule has 148 valence electrons. The Kier molecular flexibility index (Phi) is 10.2. The van der Waals surface area contributed by atoms with Crippen molar-refractivity contribution in [2.45, 2.75) is 25.3 Å². The lowest BCUT2D eigenvalue weighted by Gasteiger charge is -2.09. The maximum atomic E-state index is 12.3. The molecule has 28 heavy (non-hydrogen) atoms. The van der Waals surface area contributed by atoms with Crippen molar-refractivity contribution in [3.05, 3.63) is 95.6 Å². The topological polar surface area (TPSA) is 71.8 Å². The van der Waals surface area contributed by atoms with Gasteiger partial charge in [-0.25, -0.2) is 4.98 Å². The number of aromatic nitrogens is 2. The number of aromatic amines is 1. The fourth-order valence-corrected chi connectivity index (χ4v) is 2.77. The smallest absolute Gasteiger partial charge is 0.154 e. The van der Waals surface area contributed by atoms with Gasteiger partial charge in [0.05, 0.1) is 12.4 Å². The normalized spacial score (nSPS) is 11.5. The van der Waals surface area contributed by atoms with Crippen LogP contribution in [0, 0.1) is 0 Å². The lowest BCUT2D eigenvalue weighted by molar-refractivity contribution is -0.119. The van der Waals surface area contributed by atoms with Crippen LogP contribution in [0.3, 0.4) is 0 Å². The van der Waals surface area contributed by atoms with Gasteiger partial charge in [-0.05, 0) is 23.1 Å². The Labute approximate surface area is 178 Å². The van der Waals surface area contributed by atoms with Crippen molar-refractivity contribution in [1.82, 2.24) is 9.97 Å². The highest BCUT2D eigenvalue weighted by molar-refractivity contribution is 5.86. The molecule has 0 fully saturated rings. The van der Waals surface area contributed by atoms with Gasteiger partial charge in [-0.3, -0.25) is 4.79 Å². The molecule has 0 amide bonds. The molecule has 0 bridgehead atoms. The van der Waals surface area contributed by atoms with Crippen molar-refractivity contribution < 1.29 is 4.79 Å². The summed E-state index contributed by atoms with van der Waals surface area (Å²) in [5.41, 5.74) is 10.3. The molecule has 4 nitrogen and oxygen atoms in total. The van der Waals surface area contributed by atoms with Crippen LogP contribution in [0.4, 0.5) is 0 Å². The fourth-order valence-electron chi connectivity index (χ4n) is 2.77. The molecule has 0 aliphatic rings. The van der Waals surface area contributed by atoms with Gasteiger partial charge in [-0.2, -0.15) is 0 Å². The van der Waals surface area contributed by atoms with E-state index < -0.39 is 6.04 Å². The predicted molar refractivity (Wildman–Crippen MR) is 119 cm³/mol. The van der Waals surface area contributed by atoms with Crippen molar-refractivity contribution in [3.63, 3.8) is 0 Å². The summed E-state index contributed by atoms with van der Waals surface area (Å²) in [7, 11) is 0. The van der Waals surface area contributed by atoms with Crippen LogP contribution < -0.4 is 5.73 Å². The maximum absolute atomic E-state index is 12.3. The summed E-state index contributed by atoms with van der Waals surface area (Å²) < 4.78 is 0. The van der Waals surface area contributed by atoms with Crippen LogP contribution in [-0.4, -0.2) is 21.8 Å². The molecule has 2 aromatic carbocycles. The molecule has 6 heteroatoms. The van der Waals surface area contributed by atoms with Crippen LogP contribution in [0.15, 0.2) is 73.2 Å². The van der Waals surface area contributed by atoms with E-state index in [1.54, 1.807) is 12.5 Å². The van der Waals surface area contributed by atoms with Crippen LogP contribution in [-0.2, 0) is 24.1 Å². The second kappa shape index (κ2) is 12.1. The third kappa shape index (κ3) is 7.31. The molecule has 0 spiro atoms. The Balaban J connectivity index is 0.00000196. The first kappa shape index (κ1) is 23.6. The molecule has 1 aromatic heterocycles. The Hall–Kier alpha value is -2.40. The largest absolute Gasteiger partial charge is 0.348 e. The number of ketones is 1. The van der Waals surface area contributed by atoms with Crippen LogP contribution in [0.2, 0.25) is 0 Å². The van der Waals surface area contributed by atoms with Crippen molar-refractivity contribution >= 4 is 36.7 Å². The minimum Gasteiger partial charge on any atom is -0.348 e. The van der Waals surface area contributed by atoms with Gasteiger partial charge in [0.1, 0.15) is 0 Å². The second-order valence-electron chi connectivity index (χ2n) is 6.36. The number of benzene rings is 2. The van der Waals surface area contributed by atoms with Gasteiger partial charge >= 0.3 is 0 Å². The van der Waals surface area contributed by atoms with E-state index in [-0.39, 0.29) is 30.6 Å². The number of nitrogens with two attached hydrogens (primary N) is 1. The third-order valence-electron chi connectivity index (χ3n) is 4.27. The Morgan fingerprint density at radius 3 is 2.39 bits per heavy atom. The van der Waals surface area contributed by atoms with Gasteiger partial charge in [-0.1, -0.05) is 66.7 Å². The Morgan fingerprint density at radius 2 is 1.75 bits per heavy atom. The number of carbonyl (C=O) groups is 1. The van der Waals surface area contributed by atoms with Crippen molar-refractivity contribution in [1.29, 1.82) is 0 Å². The number of hydrogen-bond acceptors (Lipinski definition) is 3. The monoisotopic (exact) mass is 417 g/mol. The summed E-state index contributed by atoms with van der Waals surface area (Å²) in [5.74, 6) is 0.0342. The molecule has 0 unspecified atom stereocenters. The highest BCUT2D eigenvalue weighted by Gasteiger charge is 2.15. The molecule has 3 N–H and O–H groups in total. The molecule has 3 rings (SSSR count). The van der Waals surface area contributed by atoms with Gasteiger partial charge in [-0.15, -0.1) is 24.8 Å². The van der Waals surface area contributed by atoms with E-state index in [1.807, 2.05) is 42.5 Å². The SMILES string of the molecule is Cl.Cl.N[C@@H](Cc1cnc[nH]1)C(=O)Cc1ccc(/C=C/Cc2ccccc2)cc1. The first-order valence-electron chi connectivity index (χ1n) is 8.75. The number of H-pyrrole nitrogens is 1. The summed E-state index contributed by atoms with van der Waals surface area (Å²) in [5, 5.41) is 0. The van der Waals surface area contributed by atoms with Gasteiger partial charge in [0.15, 0.2) is 5.78 Å². The Bertz CT molecular complexity index is 847. The van der Waals surface area contributed by atoms with E-state index in [4.69, 9.17) is 5.73 Å². The van der Waals surface area contributed by atoms with Gasteiger partial charge in [0.25, 0.3) is 0 Å². The van der Waals surface area contributed by atoms with E-state index in [0.29, 0.717) is 12.8 Å². The summed E-state index contributed by atoms with van der Waals surface area (Å²) in [6.07, 6.45) is 9.28. The summed E-state index contributed by atoms with van der Waals surface area (Å²) in [6, 6.07) is 17.9. The lowest BCUT2D eigenvalue weighted by Crippen LogP contribution is -2.34. The second-order valence-corrected chi connectivity index (χ2v) is 6.36. The molecular weight excluding hydrogens is 393 g/mol. The van der Waals surface area contributed by atoms with E-state index >= 15 is 0 Å². The molecule has 0 aliphatic heterocycles. The van der Waals surface area contributed by atoms with Gasteiger partial charge < -0.3 is 10.7 Å². The van der Waals surface area contributed by atoms with Gasteiger partial charge in [0.2, 0.25) is 0 Å². The molecule has 3 aromatic rings. The minimum atomic E-state index is -0.513. The molecule has 0 aliphatic carbocycles. The zero-order chi connectivity index (χ0) is 18.2. The standard InChI is InChI=1S/C22H23N3O.2ClH/c23-21(14-20-15-24-16-25-20)22(26)13-19-11-9-18(10-12-19)8-4-7-17-5-2-1-3-6-17;;/h1-6,8-12,15-16,21H,7,13-14,23H2,(H,24,25);2*1H/b8-4+;;/t21-;;/m0../s1. The number of carbonyl (C=O) groups excluding carboxylic acids is 1. The first-order chi connectivity index (χ1) is 12.7. The molecule has 1 atom stereocenters. The number of Topliss-reactive ketones (excluding diaryl/α,β-unsaturated/α-hetero) is 1. The van der Waals surface area contributed by atoms with Crippen molar-refractivity contribution in [2.75, 3.05) is 0 Å². The molecular formula is C22H25Cl2N3O. The molecule has 1 heterocycles. The number of nitrogens with zero attached hydrogens (tertiary/aromatic N) is 1. The van der Waals surface area contributed by atoms with Crippen molar-refractivity contribution in [3.8, 4) is 0 Å². The number of allylic oxidation sites excluding steroid dienone is 1. The predicted octanol–water partition coefficient (Wildman–Crippen LogP) is 4.19. The summed E-state index contributed by atoms with van der Waals surface area (Å²) >= 11 is 0.